The van der Waals surface area contributed by atoms with E-state index >= 15 is 0 Å². The Hall–Kier alpha value is -5.60. The molecule has 0 amide bonds. The minimum absolute atomic E-state index is 0.359. The molecular weight excluding hydrogens is 522 g/mol. The highest BCUT2D eigenvalue weighted by Crippen LogP contribution is 2.63. The molecule has 1 aromatic heterocycles. The lowest BCUT2D eigenvalue weighted by Gasteiger charge is -2.30. The molecule has 2 nitrogen and oxygen atoms in total. The molecule has 2 aliphatic rings. The highest BCUT2D eigenvalue weighted by atomic mass is 16.3. The molecule has 0 saturated carbocycles. The number of rotatable bonds is 2. The van der Waals surface area contributed by atoms with Crippen LogP contribution < -0.4 is 5.32 Å². The van der Waals surface area contributed by atoms with Crippen LogP contribution in [-0.4, -0.2) is 0 Å². The number of nitrogens with one attached hydrogen (secondary N) is 1. The minimum atomic E-state index is -0.359. The SMILES string of the molecule is c1ccc2c(c1)-c1ccccc1C21c2ccccc2-c2c(Nc3cccc4c3oc3cc5ccccc5cc34)cccc21. The summed E-state index contributed by atoms with van der Waals surface area (Å²) in [5.74, 6) is 0. The maximum atomic E-state index is 6.58. The standard InChI is InChI=1S/C41H25NO/c1-2-12-26-24-38-31(23-25(26)11-1)29-16-9-22-37(40(29)43-38)42-36-21-10-20-35-39(36)30-15-5-8-19-34(30)41(35)32-17-6-3-13-27(32)28-14-4-7-18-33(28)41/h1-24,42H. The van der Waals surface area contributed by atoms with Gasteiger partial charge in [0.2, 0.25) is 0 Å². The van der Waals surface area contributed by atoms with E-state index in [1.165, 1.54) is 55.3 Å². The first-order valence-corrected chi connectivity index (χ1v) is 14.9. The zero-order valence-corrected chi connectivity index (χ0v) is 23.3. The van der Waals surface area contributed by atoms with Gasteiger partial charge in [-0.25, -0.2) is 0 Å². The second-order valence-corrected chi connectivity index (χ2v) is 11.7. The molecular formula is C41H25NO. The second kappa shape index (κ2) is 8.24. The van der Waals surface area contributed by atoms with Crippen LogP contribution in [0, 0.1) is 0 Å². The first kappa shape index (κ1) is 23.0. The molecule has 43 heavy (non-hydrogen) atoms. The van der Waals surface area contributed by atoms with E-state index in [1.807, 2.05) is 0 Å². The van der Waals surface area contributed by atoms with Gasteiger partial charge in [0, 0.05) is 22.0 Å². The average Bonchev–Trinajstić information content (AvgIpc) is 3.68. The molecule has 2 aliphatic carbocycles. The van der Waals surface area contributed by atoms with Crippen molar-refractivity contribution in [1.82, 2.24) is 0 Å². The summed E-state index contributed by atoms with van der Waals surface area (Å²) in [7, 11) is 0. The van der Waals surface area contributed by atoms with Crippen LogP contribution >= 0.6 is 0 Å². The molecule has 7 aromatic carbocycles. The van der Waals surface area contributed by atoms with Crippen LogP contribution in [-0.2, 0) is 5.41 Å². The van der Waals surface area contributed by atoms with E-state index in [9.17, 15) is 0 Å². The summed E-state index contributed by atoms with van der Waals surface area (Å²) < 4.78 is 6.58. The van der Waals surface area contributed by atoms with Crippen molar-refractivity contribution in [2.75, 3.05) is 5.32 Å². The normalized spacial score (nSPS) is 13.8. The van der Waals surface area contributed by atoms with Crippen LogP contribution in [0.3, 0.4) is 0 Å². The Kier molecular flexibility index (Phi) is 4.41. The molecule has 0 fully saturated rings. The average molecular weight is 548 g/mol. The van der Waals surface area contributed by atoms with Crippen molar-refractivity contribution < 1.29 is 4.42 Å². The van der Waals surface area contributed by atoms with Crippen molar-refractivity contribution in [1.29, 1.82) is 0 Å². The lowest BCUT2D eigenvalue weighted by Crippen LogP contribution is -2.25. The van der Waals surface area contributed by atoms with E-state index in [4.69, 9.17) is 4.42 Å². The summed E-state index contributed by atoms with van der Waals surface area (Å²) >= 11 is 0. The molecule has 0 saturated heterocycles. The van der Waals surface area contributed by atoms with Crippen LogP contribution in [0.4, 0.5) is 11.4 Å². The number of hydrogen-bond acceptors (Lipinski definition) is 2. The highest BCUT2D eigenvalue weighted by Gasteiger charge is 2.51. The van der Waals surface area contributed by atoms with E-state index in [2.05, 4.69) is 151 Å². The fourth-order valence-corrected chi connectivity index (χ4v) is 7.97. The predicted octanol–water partition coefficient (Wildman–Crippen LogP) is 10.8. The topological polar surface area (TPSA) is 25.2 Å². The summed E-state index contributed by atoms with van der Waals surface area (Å²) in [4.78, 5) is 0. The van der Waals surface area contributed by atoms with Crippen LogP contribution in [0.2, 0.25) is 0 Å². The van der Waals surface area contributed by atoms with Crippen molar-refractivity contribution in [2.45, 2.75) is 5.41 Å². The third kappa shape index (κ3) is 2.88. The van der Waals surface area contributed by atoms with Crippen molar-refractivity contribution in [3.8, 4) is 22.3 Å². The minimum Gasteiger partial charge on any atom is -0.454 e. The molecule has 0 aliphatic heterocycles. The molecule has 1 N–H and O–H groups in total. The van der Waals surface area contributed by atoms with Gasteiger partial charge in [0.15, 0.2) is 5.58 Å². The third-order valence-corrected chi connectivity index (χ3v) is 9.66. The van der Waals surface area contributed by atoms with Gasteiger partial charge in [0.1, 0.15) is 5.58 Å². The number of fused-ring (bicyclic) bond motifs is 14. The molecule has 0 bridgehead atoms. The summed E-state index contributed by atoms with van der Waals surface area (Å²) in [6.07, 6.45) is 0. The van der Waals surface area contributed by atoms with E-state index in [-0.39, 0.29) is 5.41 Å². The fourth-order valence-electron chi connectivity index (χ4n) is 7.97. The second-order valence-electron chi connectivity index (χ2n) is 11.7. The van der Waals surface area contributed by atoms with Crippen molar-refractivity contribution in [3.05, 3.63) is 168 Å². The zero-order chi connectivity index (χ0) is 28.1. The Labute approximate surface area is 248 Å². The van der Waals surface area contributed by atoms with E-state index in [1.54, 1.807) is 0 Å². The van der Waals surface area contributed by atoms with Gasteiger partial charge in [-0.2, -0.15) is 0 Å². The number of para-hydroxylation sites is 1. The van der Waals surface area contributed by atoms with Crippen LogP contribution in [0.25, 0.3) is 55.0 Å². The number of furan rings is 1. The van der Waals surface area contributed by atoms with Crippen LogP contribution in [0.1, 0.15) is 22.3 Å². The van der Waals surface area contributed by atoms with Gasteiger partial charge in [0.05, 0.1) is 11.1 Å². The van der Waals surface area contributed by atoms with Crippen molar-refractivity contribution in [2.24, 2.45) is 0 Å². The van der Waals surface area contributed by atoms with Gasteiger partial charge >= 0.3 is 0 Å². The first-order chi connectivity index (χ1) is 21.3. The molecule has 0 atom stereocenters. The predicted molar refractivity (Wildman–Crippen MR) is 177 cm³/mol. The van der Waals surface area contributed by atoms with E-state index < -0.39 is 0 Å². The fraction of sp³-hybridized carbons (Fsp3) is 0.0244. The summed E-state index contributed by atoms with van der Waals surface area (Å²) in [6, 6.07) is 52.8. The van der Waals surface area contributed by atoms with Crippen molar-refractivity contribution >= 4 is 44.1 Å². The monoisotopic (exact) mass is 547 g/mol. The molecule has 1 heterocycles. The Balaban J connectivity index is 1.22. The third-order valence-electron chi connectivity index (χ3n) is 9.66. The summed E-state index contributed by atoms with van der Waals surface area (Å²) in [6.45, 7) is 0. The Morgan fingerprint density at radius 1 is 0.442 bits per heavy atom. The first-order valence-electron chi connectivity index (χ1n) is 14.9. The maximum Gasteiger partial charge on any atom is 0.158 e. The van der Waals surface area contributed by atoms with Gasteiger partial charge in [0.25, 0.3) is 0 Å². The van der Waals surface area contributed by atoms with Gasteiger partial charge in [-0.15, -0.1) is 0 Å². The Bertz CT molecular complexity index is 2400. The van der Waals surface area contributed by atoms with Gasteiger partial charge < -0.3 is 9.73 Å². The van der Waals surface area contributed by atoms with E-state index in [0.717, 1.165) is 33.3 Å². The lowest BCUT2D eigenvalue weighted by molar-refractivity contribution is 0.670. The van der Waals surface area contributed by atoms with Crippen molar-refractivity contribution in [3.63, 3.8) is 0 Å². The molecule has 0 unspecified atom stereocenters. The largest absolute Gasteiger partial charge is 0.454 e. The number of benzene rings is 7. The molecule has 2 heteroatoms. The quantitative estimate of drug-likeness (QED) is 0.233. The number of anilines is 2. The smallest absolute Gasteiger partial charge is 0.158 e. The molecule has 10 rings (SSSR count). The van der Waals surface area contributed by atoms with Crippen LogP contribution in [0.15, 0.2) is 150 Å². The molecule has 1 spiro atoms. The maximum absolute atomic E-state index is 6.58. The lowest BCUT2D eigenvalue weighted by atomic mass is 9.70. The van der Waals surface area contributed by atoms with Gasteiger partial charge in [-0.1, -0.05) is 121 Å². The zero-order valence-electron chi connectivity index (χ0n) is 23.3. The Morgan fingerprint density at radius 2 is 1.00 bits per heavy atom. The van der Waals surface area contributed by atoms with Gasteiger partial charge in [-0.05, 0) is 74.0 Å². The molecule has 0 radical (unpaired) electrons. The molecule has 200 valence electrons. The van der Waals surface area contributed by atoms with Gasteiger partial charge in [-0.3, -0.25) is 0 Å². The highest BCUT2D eigenvalue weighted by molar-refractivity contribution is 6.13. The van der Waals surface area contributed by atoms with Crippen LogP contribution in [0.5, 0.6) is 0 Å². The molecule has 8 aromatic rings. The number of hydrogen-bond donors (Lipinski definition) is 1. The van der Waals surface area contributed by atoms with E-state index in [0.29, 0.717) is 0 Å². The summed E-state index contributed by atoms with van der Waals surface area (Å²) in [5.41, 5.74) is 14.0. The summed E-state index contributed by atoms with van der Waals surface area (Å²) in [5, 5.41) is 8.51. The Morgan fingerprint density at radius 3 is 1.74 bits per heavy atom.